The third kappa shape index (κ3) is 4.20. The fraction of sp³-hybridized carbons (Fsp3) is 0.0714. The number of carbonyl (C=O) groups is 1. The number of hydrogen-bond donors (Lipinski definition) is 4. The van der Waals surface area contributed by atoms with Crippen molar-refractivity contribution in [1.82, 2.24) is 15.3 Å². The average Bonchev–Trinajstić information content (AvgIpc) is 2.46. The Morgan fingerprint density at radius 3 is 2.67 bits per heavy atom. The van der Waals surface area contributed by atoms with Crippen LogP contribution in [0.3, 0.4) is 0 Å². The number of carbonyl (C=O) groups excluding carboxylic acids is 1. The molecule has 108 valence electrons. The smallest absolute Gasteiger partial charge is 0.244 e. The van der Waals surface area contributed by atoms with Gasteiger partial charge in [0.2, 0.25) is 11.9 Å². The Balaban J connectivity index is 1.91. The van der Waals surface area contributed by atoms with E-state index in [1.807, 2.05) is 0 Å². The molecular weight excluding hydrogens is 272 g/mol. The van der Waals surface area contributed by atoms with Crippen LogP contribution < -0.4 is 11.1 Å². The fourth-order valence-electron chi connectivity index (χ4n) is 1.55. The molecule has 1 amide bonds. The van der Waals surface area contributed by atoms with Gasteiger partial charge in [-0.05, 0) is 18.2 Å². The van der Waals surface area contributed by atoms with E-state index in [2.05, 4.69) is 15.3 Å². The Kier molecular flexibility index (Phi) is 4.35. The Bertz CT molecular complexity index is 668. The summed E-state index contributed by atoms with van der Waals surface area (Å²) in [6.07, 6.45) is 5.87. The lowest BCUT2D eigenvalue weighted by molar-refractivity contribution is -0.116. The number of benzene rings is 1. The first kappa shape index (κ1) is 14.3. The molecule has 0 fully saturated rings. The topological polar surface area (TPSA) is 121 Å². The van der Waals surface area contributed by atoms with E-state index in [0.29, 0.717) is 11.1 Å². The van der Waals surface area contributed by atoms with Crippen molar-refractivity contribution >= 4 is 17.9 Å². The van der Waals surface area contributed by atoms with Gasteiger partial charge in [-0.2, -0.15) is 0 Å². The summed E-state index contributed by atoms with van der Waals surface area (Å²) < 4.78 is 0. The number of hydrogen-bond acceptors (Lipinski definition) is 6. The first-order valence-corrected chi connectivity index (χ1v) is 6.09. The standard InChI is InChI=1S/C14H14N4O3/c15-14-17-6-9(7-18-14)1-4-13(21)16-8-10-2-3-11(19)5-12(10)20/h1-7,19-20H,8H2,(H,16,21)(H2,15,17,18). The van der Waals surface area contributed by atoms with Crippen molar-refractivity contribution in [2.45, 2.75) is 6.54 Å². The van der Waals surface area contributed by atoms with Crippen LogP contribution in [-0.4, -0.2) is 26.1 Å². The molecule has 5 N–H and O–H groups in total. The Hall–Kier alpha value is -3.09. The van der Waals surface area contributed by atoms with Crippen molar-refractivity contribution in [2.75, 3.05) is 5.73 Å². The zero-order chi connectivity index (χ0) is 15.2. The van der Waals surface area contributed by atoms with Gasteiger partial charge in [-0.1, -0.05) is 0 Å². The summed E-state index contributed by atoms with van der Waals surface area (Å²) in [4.78, 5) is 19.2. The lowest BCUT2D eigenvalue weighted by Crippen LogP contribution is -2.20. The molecule has 0 radical (unpaired) electrons. The van der Waals surface area contributed by atoms with Crippen LogP contribution in [0.5, 0.6) is 11.5 Å². The number of nitrogens with zero attached hydrogens (tertiary/aromatic N) is 2. The van der Waals surface area contributed by atoms with Crippen LogP contribution in [0.25, 0.3) is 6.08 Å². The molecule has 1 heterocycles. The van der Waals surface area contributed by atoms with Crippen molar-refractivity contribution in [3.63, 3.8) is 0 Å². The van der Waals surface area contributed by atoms with E-state index in [4.69, 9.17) is 10.8 Å². The predicted molar refractivity (Wildman–Crippen MR) is 77.1 cm³/mol. The molecule has 0 aliphatic heterocycles. The molecule has 0 saturated carbocycles. The molecule has 0 atom stereocenters. The number of rotatable bonds is 4. The number of phenols is 2. The highest BCUT2D eigenvalue weighted by Crippen LogP contribution is 2.22. The van der Waals surface area contributed by atoms with Gasteiger partial charge in [0, 0.05) is 42.2 Å². The van der Waals surface area contributed by atoms with Gasteiger partial charge in [0.05, 0.1) is 0 Å². The van der Waals surface area contributed by atoms with Crippen molar-refractivity contribution in [3.8, 4) is 11.5 Å². The molecule has 1 aromatic heterocycles. The van der Waals surface area contributed by atoms with Crippen LogP contribution in [0.15, 0.2) is 36.7 Å². The summed E-state index contributed by atoms with van der Waals surface area (Å²) in [7, 11) is 0. The van der Waals surface area contributed by atoms with Gasteiger partial charge in [-0.15, -0.1) is 0 Å². The maximum Gasteiger partial charge on any atom is 0.244 e. The number of aromatic hydroxyl groups is 2. The normalized spacial score (nSPS) is 10.7. The maximum absolute atomic E-state index is 11.6. The summed E-state index contributed by atoms with van der Waals surface area (Å²) in [6.45, 7) is 0.146. The molecular formula is C14H14N4O3. The molecule has 2 rings (SSSR count). The van der Waals surface area contributed by atoms with Crippen LogP contribution in [0, 0.1) is 0 Å². The number of aromatic nitrogens is 2. The number of anilines is 1. The lowest BCUT2D eigenvalue weighted by atomic mass is 10.2. The molecule has 7 heteroatoms. The van der Waals surface area contributed by atoms with Gasteiger partial charge in [-0.25, -0.2) is 9.97 Å². The minimum absolute atomic E-state index is 0.0363. The highest BCUT2D eigenvalue weighted by molar-refractivity contribution is 5.91. The highest BCUT2D eigenvalue weighted by Gasteiger charge is 2.03. The second-order valence-electron chi connectivity index (χ2n) is 4.24. The third-order valence-corrected chi connectivity index (χ3v) is 2.64. The molecule has 1 aromatic carbocycles. The summed E-state index contributed by atoms with van der Waals surface area (Å²) in [5.74, 6) is -0.282. The number of amides is 1. The minimum atomic E-state index is -0.334. The van der Waals surface area contributed by atoms with Gasteiger partial charge in [0.1, 0.15) is 11.5 Å². The second kappa shape index (κ2) is 6.38. The van der Waals surface area contributed by atoms with E-state index in [1.54, 1.807) is 6.08 Å². The Labute approximate surface area is 120 Å². The van der Waals surface area contributed by atoms with Crippen LogP contribution in [0.4, 0.5) is 5.95 Å². The fourth-order valence-corrected chi connectivity index (χ4v) is 1.55. The third-order valence-electron chi connectivity index (χ3n) is 2.64. The Morgan fingerprint density at radius 1 is 1.29 bits per heavy atom. The molecule has 0 bridgehead atoms. The molecule has 7 nitrogen and oxygen atoms in total. The van der Waals surface area contributed by atoms with Crippen molar-refractivity contribution in [1.29, 1.82) is 0 Å². The van der Waals surface area contributed by atoms with Crippen LogP contribution >= 0.6 is 0 Å². The first-order valence-electron chi connectivity index (χ1n) is 6.09. The van der Waals surface area contributed by atoms with E-state index in [0.717, 1.165) is 0 Å². The number of nitrogens with one attached hydrogen (secondary N) is 1. The molecule has 0 unspecified atom stereocenters. The highest BCUT2D eigenvalue weighted by atomic mass is 16.3. The molecule has 0 aliphatic carbocycles. The van der Waals surface area contributed by atoms with Gasteiger partial charge in [0.15, 0.2) is 0 Å². The van der Waals surface area contributed by atoms with E-state index in [1.165, 1.54) is 36.7 Å². The largest absolute Gasteiger partial charge is 0.508 e. The van der Waals surface area contributed by atoms with Gasteiger partial charge < -0.3 is 21.3 Å². The monoisotopic (exact) mass is 286 g/mol. The Morgan fingerprint density at radius 2 is 2.00 bits per heavy atom. The van der Waals surface area contributed by atoms with Crippen molar-refractivity contribution in [3.05, 3.63) is 47.8 Å². The predicted octanol–water partition coefficient (Wildman–Crippen LogP) is 0.800. The van der Waals surface area contributed by atoms with Gasteiger partial charge >= 0.3 is 0 Å². The lowest BCUT2D eigenvalue weighted by Gasteiger charge is -2.05. The van der Waals surface area contributed by atoms with Crippen LogP contribution in [0.2, 0.25) is 0 Å². The summed E-state index contributed by atoms with van der Waals surface area (Å²) in [5, 5.41) is 21.4. The molecule has 2 aromatic rings. The van der Waals surface area contributed by atoms with E-state index < -0.39 is 0 Å². The van der Waals surface area contributed by atoms with Gasteiger partial charge in [0.25, 0.3) is 0 Å². The minimum Gasteiger partial charge on any atom is -0.508 e. The molecule has 21 heavy (non-hydrogen) atoms. The number of nitrogen functional groups attached to an aromatic ring is 1. The molecule has 0 saturated heterocycles. The van der Waals surface area contributed by atoms with E-state index in [-0.39, 0.29) is 29.9 Å². The maximum atomic E-state index is 11.6. The second-order valence-corrected chi connectivity index (χ2v) is 4.24. The van der Waals surface area contributed by atoms with Crippen LogP contribution in [0.1, 0.15) is 11.1 Å². The first-order chi connectivity index (χ1) is 10.0. The number of nitrogens with two attached hydrogens (primary N) is 1. The molecule has 0 spiro atoms. The summed E-state index contributed by atoms with van der Waals surface area (Å²) in [5.41, 5.74) is 6.50. The molecule has 0 aliphatic rings. The zero-order valence-corrected chi connectivity index (χ0v) is 11.0. The quantitative estimate of drug-likeness (QED) is 0.617. The van der Waals surface area contributed by atoms with E-state index in [9.17, 15) is 9.90 Å². The van der Waals surface area contributed by atoms with Crippen molar-refractivity contribution < 1.29 is 15.0 Å². The number of phenolic OH excluding ortho intramolecular Hbond substituents is 2. The zero-order valence-electron chi connectivity index (χ0n) is 11.0. The SMILES string of the molecule is Nc1ncc(C=CC(=O)NCc2ccc(O)cc2O)cn1. The van der Waals surface area contributed by atoms with Crippen molar-refractivity contribution in [2.24, 2.45) is 0 Å². The van der Waals surface area contributed by atoms with Gasteiger partial charge in [-0.3, -0.25) is 4.79 Å². The van der Waals surface area contributed by atoms with Crippen LogP contribution in [-0.2, 0) is 11.3 Å². The van der Waals surface area contributed by atoms with E-state index >= 15 is 0 Å². The average molecular weight is 286 g/mol. The summed E-state index contributed by atoms with van der Waals surface area (Å²) in [6, 6.07) is 4.17. The summed E-state index contributed by atoms with van der Waals surface area (Å²) >= 11 is 0.